The molecule has 3 aliphatic rings. The highest BCUT2D eigenvalue weighted by Crippen LogP contribution is 2.43. The van der Waals surface area contributed by atoms with Gasteiger partial charge in [-0.05, 0) is 38.5 Å². The molecule has 1 aromatic rings. The highest BCUT2D eigenvalue weighted by molar-refractivity contribution is 5.79. The number of carbonyl (C=O) groups is 1. The van der Waals surface area contributed by atoms with Gasteiger partial charge in [0.25, 0.3) is 5.92 Å². The Hall–Kier alpha value is -1.79. The summed E-state index contributed by atoms with van der Waals surface area (Å²) < 4.78 is 33.1. The van der Waals surface area contributed by atoms with Crippen LogP contribution >= 0.6 is 0 Å². The Kier molecular flexibility index (Phi) is 3.89. The predicted molar refractivity (Wildman–Crippen MR) is 81.5 cm³/mol. The molecule has 2 heterocycles. The number of alkyl halides is 2. The average molecular weight is 337 g/mol. The van der Waals surface area contributed by atoms with Crippen molar-refractivity contribution in [3.8, 4) is 0 Å². The van der Waals surface area contributed by atoms with Crippen molar-refractivity contribution in [2.24, 2.45) is 0 Å². The van der Waals surface area contributed by atoms with Gasteiger partial charge < -0.3 is 9.42 Å². The van der Waals surface area contributed by atoms with Gasteiger partial charge in [-0.1, -0.05) is 16.8 Å². The molecular formula is C17H21F2N3O2. The molecular weight excluding hydrogens is 316 g/mol. The SMILES string of the molecule is O=C(CC1=CCCCC1)N1CC(F)(F)C[C@H]1c1nc(C2CC2)no1. The summed E-state index contributed by atoms with van der Waals surface area (Å²) in [5.74, 6) is -2.14. The number of carbonyl (C=O) groups excluding carboxylic acids is 1. The van der Waals surface area contributed by atoms with Crippen molar-refractivity contribution in [3.05, 3.63) is 23.4 Å². The zero-order chi connectivity index (χ0) is 16.7. The van der Waals surface area contributed by atoms with Gasteiger partial charge >= 0.3 is 0 Å². The van der Waals surface area contributed by atoms with Gasteiger partial charge in [-0.25, -0.2) is 8.78 Å². The molecule has 2 fully saturated rings. The van der Waals surface area contributed by atoms with Crippen molar-refractivity contribution < 1.29 is 18.1 Å². The maximum absolute atomic E-state index is 13.9. The number of rotatable bonds is 4. The molecule has 7 heteroatoms. The van der Waals surface area contributed by atoms with Gasteiger partial charge in [0.1, 0.15) is 6.04 Å². The van der Waals surface area contributed by atoms with E-state index in [-0.39, 0.29) is 18.2 Å². The van der Waals surface area contributed by atoms with Gasteiger partial charge in [0, 0.05) is 18.8 Å². The monoisotopic (exact) mass is 337 g/mol. The Bertz CT molecular complexity index is 667. The van der Waals surface area contributed by atoms with E-state index in [4.69, 9.17) is 4.52 Å². The molecule has 2 aliphatic carbocycles. The van der Waals surface area contributed by atoms with Crippen LogP contribution in [0.2, 0.25) is 0 Å². The fourth-order valence-electron chi connectivity index (χ4n) is 3.55. The van der Waals surface area contributed by atoms with E-state index in [0.29, 0.717) is 11.7 Å². The third kappa shape index (κ3) is 3.21. The molecule has 0 bridgehead atoms. The first-order valence-corrected chi connectivity index (χ1v) is 8.70. The van der Waals surface area contributed by atoms with E-state index in [1.54, 1.807) is 0 Å². The summed E-state index contributed by atoms with van der Waals surface area (Å²) in [6.45, 7) is -0.565. The molecule has 130 valence electrons. The first kappa shape index (κ1) is 15.7. The lowest BCUT2D eigenvalue weighted by Crippen LogP contribution is -2.33. The van der Waals surface area contributed by atoms with E-state index in [1.807, 2.05) is 0 Å². The number of halogens is 2. The molecule has 4 rings (SSSR count). The molecule has 1 aromatic heterocycles. The molecule has 0 spiro atoms. The summed E-state index contributed by atoms with van der Waals surface area (Å²) in [6.07, 6.45) is 7.92. The van der Waals surface area contributed by atoms with Crippen molar-refractivity contribution >= 4 is 5.91 Å². The molecule has 1 amide bonds. The van der Waals surface area contributed by atoms with Crippen LogP contribution in [0, 0.1) is 0 Å². The van der Waals surface area contributed by atoms with E-state index in [2.05, 4.69) is 16.2 Å². The van der Waals surface area contributed by atoms with Gasteiger partial charge in [0.15, 0.2) is 5.82 Å². The fraction of sp³-hybridized carbons (Fsp3) is 0.706. The molecule has 1 aliphatic heterocycles. The summed E-state index contributed by atoms with van der Waals surface area (Å²) in [5.41, 5.74) is 1.06. The second kappa shape index (κ2) is 5.93. The normalized spacial score (nSPS) is 26.5. The molecule has 0 aromatic carbocycles. The molecule has 1 saturated carbocycles. The molecule has 24 heavy (non-hydrogen) atoms. The Balaban J connectivity index is 1.52. The van der Waals surface area contributed by atoms with E-state index in [0.717, 1.165) is 44.1 Å². The highest BCUT2D eigenvalue weighted by Gasteiger charge is 2.50. The number of hydrogen-bond donors (Lipinski definition) is 0. The Morgan fingerprint density at radius 2 is 2.21 bits per heavy atom. The Labute approximate surface area is 139 Å². The minimum absolute atomic E-state index is 0.153. The Morgan fingerprint density at radius 1 is 1.38 bits per heavy atom. The number of nitrogens with zero attached hydrogens (tertiary/aromatic N) is 3. The first-order chi connectivity index (χ1) is 11.5. The van der Waals surface area contributed by atoms with Crippen molar-refractivity contribution in [1.29, 1.82) is 0 Å². The standard InChI is InChI=1S/C17H21F2N3O2/c18-17(19)9-13(16-20-15(21-24-16)12-6-7-12)22(10-17)14(23)8-11-4-2-1-3-5-11/h4,12-13H,1-3,5-10H2/t13-/m0/s1. The molecule has 1 atom stereocenters. The molecule has 1 saturated heterocycles. The summed E-state index contributed by atoms with van der Waals surface area (Å²) >= 11 is 0. The lowest BCUT2D eigenvalue weighted by molar-refractivity contribution is -0.133. The van der Waals surface area contributed by atoms with Crippen LogP contribution in [0.25, 0.3) is 0 Å². The second-order valence-corrected chi connectivity index (χ2v) is 7.15. The van der Waals surface area contributed by atoms with Crippen LogP contribution in [-0.4, -0.2) is 33.4 Å². The maximum atomic E-state index is 13.9. The van der Waals surface area contributed by atoms with E-state index < -0.39 is 24.9 Å². The zero-order valence-electron chi connectivity index (χ0n) is 13.5. The molecule has 0 N–H and O–H groups in total. The predicted octanol–water partition coefficient (Wildman–Crippen LogP) is 3.75. The molecule has 5 nitrogen and oxygen atoms in total. The lowest BCUT2D eigenvalue weighted by Gasteiger charge is -2.22. The van der Waals surface area contributed by atoms with Gasteiger partial charge in [-0.3, -0.25) is 4.79 Å². The van der Waals surface area contributed by atoms with Crippen LogP contribution in [0.5, 0.6) is 0 Å². The topological polar surface area (TPSA) is 59.2 Å². The highest BCUT2D eigenvalue weighted by atomic mass is 19.3. The van der Waals surface area contributed by atoms with Crippen LogP contribution in [0.3, 0.4) is 0 Å². The van der Waals surface area contributed by atoms with Crippen LogP contribution < -0.4 is 0 Å². The maximum Gasteiger partial charge on any atom is 0.267 e. The number of hydrogen-bond acceptors (Lipinski definition) is 4. The number of likely N-dealkylation sites (tertiary alicyclic amines) is 1. The summed E-state index contributed by atoms with van der Waals surface area (Å²) in [5, 5.41) is 3.90. The van der Waals surface area contributed by atoms with Gasteiger partial charge in [0.2, 0.25) is 11.8 Å². The van der Waals surface area contributed by atoms with Gasteiger partial charge in [-0.2, -0.15) is 4.98 Å². The van der Waals surface area contributed by atoms with Crippen LogP contribution in [0.4, 0.5) is 8.78 Å². The second-order valence-electron chi connectivity index (χ2n) is 7.15. The minimum atomic E-state index is -2.91. The number of amides is 1. The van der Waals surface area contributed by atoms with Crippen LogP contribution in [0.15, 0.2) is 16.2 Å². The summed E-state index contributed by atoms with van der Waals surface area (Å²) in [6, 6.07) is -0.809. The largest absolute Gasteiger partial charge is 0.337 e. The van der Waals surface area contributed by atoms with Crippen molar-refractivity contribution in [2.45, 2.75) is 69.2 Å². The van der Waals surface area contributed by atoms with Gasteiger partial charge in [-0.15, -0.1) is 0 Å². The van der Waals surface area contributed by atoms with Crippen molar-refractivity contribution in [1.82, 2.24) is 15.0 Å². The lowest BCUT2D eigenvalue weighted by atomic mass is 9.97. The third-order valence-corrected chi connectivity index (χ3v) is 5.04. The number of aromatic nitrogens is 2. The van der Waals surface area contributed by atoms with Crippen molar-refractivity contribution in [2.75, 3.05) is 6.54 Å². The smallest absolute Gasteiger partial charge is 0.267 e. The molecule has 0 unspecified atom stereocenters. The third-order valence-electron chi connectivity index (χ3n) is 5.04. The van der Waals surface area contributed by atoms with E-state index in [1.165, 1.54) is 4.90 Å². The van der Waals surface area contributed by atoms with E-state index in [9.17, 15) is 13.6 Å². The average Bonchev–Trinajstić information content (AvgIpc) is 3.19. The zero-order valence-corrected chi connectivity index (χ0v) is 13.5. The van der Waals surface area contributed by atoms with Gasteiger partial charge in [0.05, 0.1) is 6.54 Å². The quantitative estimate of drug-likeness (QED) is 0.785. The van der Waals surface area contributed by atoms with Crippen LogP contribution in [0.1, 0.15) is 75.0 Å². The first-order valence-electron chi connectivity index (χ1n) is 8.70. The minimum Gasteiger partial charge on any atom is -0.337 e. The summed E-state index contributed by atoms with van der Waals surface area (Å²) in [4.78, 5) is 18.1. The van der Waals surface area contributed by atoms with Crippen molar-refractivity contribution in [3.63, 3.8) is 0 Å². The molecule has 0 radical (unpaired) electrons. The summed E-state index contributed by atoms with van der Waals surface area (Å²) in [7, 11) is 0. The van der Waals surface area contributed by atoms with E-state index >= 15 is 0 Å². The number of allylic oxidation sites excluding steroid dienone is 1. The van der Waals surface area contributed by atoms with Crippen LogP contribution in [-0.2, 0) is 4.79 Å². The fourth-order valence-corrected chi connectivity index (χ4v) is 3.55. The Morgan fingerprint density at radius 3 is 2.92 bits per heavy atom.